The Labute approximate surface area is 196 Å². The number of methoxy groups -OCH3 is 1. The van der Waals surface area contributed by atoms with E-state index in [4.69, 9.17) is 11.6 Å². The van der Waals surface area contributed by atoms with Gasteiger partial charge < -0.3 is 15.0 Å². The maximum absolute atomic E-state index is 13.7. The van der Waals surface area contributed by atoms with E-state index in [-0.39, 0.29) is 39.7 Å². The summed E-state index contributed by atoms with van der Waals surface area (Å²) in [4.78, 5) is 14.1. The van der Waals surface area contributed by atoms with E-state index in [1.807, 2.05) is 0 Å². The van der Waals surface area contributed by atoms with Crippen molar-refractivity contribution in [2.45, 2.75) is 27.3 Å². The van der Waals surface area contributed by atoms with Crippen LogP contribution in [-0.2, 0) is 29.4 Å². The third kappa shape index (κ3) is 4.51. The van der Waals surface area contributed by atoms with Crippen molar-refractivity contribution in [3.63, 3.8) is 0 Å². The fourth-order valence-electron chi connectivity index (χ4n) is 3.84. The van der Waals surface area contributed by atoms with Crippen LogP contribution < -0.4 is 5.32 Å². The first-order chi connectivity index (χ1) is 15.6. The van der Waals surface area contributed by atoms with Crippen molar-refractivity contribution in [3.8, 4) is 0 Å². The number of ether oxygens (including phenoxy) is 1. The fraction of sp³-hybridized carbons (Fsp3) is 0.286. The average Bonchev–Trinajstić information content (AvgIpc) is 3.20. The predicted molar refractivity (Wildman–Crippen MR) is 122 cm³/mol. The maximum atomic E-state index is 13.7. The highest BCUT2D eigenvalue weighted by Gasteiger charge is 2.38. The minimum Gasteiger partial charge on any atom is -0.469 e. The summed E-state index contributed by atoms with van der Waals surface area (Å²) >= 11 is 6.12. The van der Waals surface area contributed by atoms with Crippen molar-refractivity contribution in [2.75, 3.05) is 26.7 Å². The Balaban J connectivity index is 1.85. The number of esters is 1. The Kier molecular flexibility index (Phi) is 6.52. The molecule has 1 aliphatic rings. The number of nitrogens with zero attached hydrogens (tertiary/aromatic N) is 1. The average molecular weight is 512 g/mol. The van der Waals surface area contributed by atoms with E-state index in [2.05, 4.69) is 15.0 Å². The number of benzene rings is 2. The molecule has 1 saturated heterocycles. The van der Waals surface area contributed by atoms with Crippen molar-refractivity contribution in [1.29, 1.82) is 0 Å². The maximum Gasteiger partial charge on any atom is 0.307 e. The number of halogens is 1. The molecule has 176 valence electrons. The van der Waals surface area contributed by atoms with E-state index in [9.17, 15) is 21.6 Å². The number of H-pyrrole nitrogens is 1. The normalized spacial score (nSPS) is 17.8. The highest BCUT2D eigenvalue weighted by atomic mass is 35.5. The number of aromatic amines is 1. The number of piperazine rings is 1. The molecular formula is C21H22ClN3O6S2. The van der Waals surface area contributed by atoms with E-state index >= 15 is 0 Å². The zero-order valence-corrected chi connectivity index (χ0v) is 20.0. The van der Waals surface area contributed by atoms with Gasteiger partial charge in [0.2, 0.25) is 9.84 Å². The molecule has 1 aliphatic heterocycles. The Morgan fingerprint density at radius 2 is 1.88 bits per heavy atom. The lowest BCUT2D eigenvalue weighted by atomic mass is 10.2. The number of sulfonamides is 1. The van der Waals surface area contributed by atoms with Gasteiger partial charge in [-0.1, -0.05) is 29.8 Å². The second-order valence-corrected chi connectivity index (χ2v) is 11.8. The molecule has 0 bridgehead atoms. The predicted octanol–water partition coefficient (Wildman–Crippen LogP) is 2.18. The molecule has 1 atom stereocenters. The molecule has 33 heavy (non-hydrogen) atoms. The topological polar surface area (TPSA) is 126 Å². The zero-order valence-electron chi connectivity index (χ0n) is 17.6. The lowest BCUT2D eigenvalue weighted by Gasteiger charge is -2.32. The fourth-order valence-corrected chi connectivity index (χ4v) is 7.72. The summed E-state index contributed by atoms with van der Waals surface area (Å²) in [5, 5.41) is 3.12. The Bertz CT molecular complexity index is 1400. The smallest absolute Gasteiger partial charge is 0.307 e. The third-order valence-electron chi connectivity index (χ3n) is 5.46. The number of aromatic nitrogens is 1. The number of hydrogen-bond acceptors (Lipinski definition) is 7. The number of sulfone groups is 1. The summed E-state index contributed by atoms with van der Waals surface area (Å²) in [7, 11) is -7.22. The molecule has 1 aromatic heterocycles. The van der Waals surface area contributed by atoms with Crippen LogP contribution in [0.3, 0.4) is 0 Å². The number of nitrogens with one attached hydrogen (secondary N) is 2. The van der Waals surface area contributed by atoms with Gasteiger partial charge in [0.05, 0.1) is 18.4 Å². The lowest BCUT2D eigenvalue weighted by Crippen LogP contribution is -2.53. The minimum absolute atomic E-state index is 0.0139. The molecule has 1 fully saturated rings. The quantitative estimate of drug-likeness (QED) is 0.486. The van der Waals surface area contributed by atoms with Crippen LogP contribution in [0.4, 0.5) is 0 Å². The van der Waals surface area contributed by atoms with Gasteiger partial charge in [0, 0.05) is 41.6 Å². The van der Waals surface area contributed by atoms with Crippen molar-refractivity contribution in [2.24, 2.45) is 0 Å². The van der Waals surface area contributed by atoms with E-state index in [1.54, 1.807) is 30.3 Å². The van der Waals surface area contributed by atoms with Crippen molar-refractivity contribution in [1.82, 2.24) is 14.6 Å². The second kappa shape index (κ2) is 9.07. The van der Waals surface area contributed by atoms with Gasteiger partial charge in [-0.15, -0.1) is 0 Å². The van der Waals surface area contributed by atoms with Crippen molar-refractivity contribution in [3.05, 3.63) is 53.6 Å². The van der Waals surface area contributed by atoms with Gasteiger partial charge in [-0.3, -0.25) is 4.79 Å². The van der Waals surface area contributed by atoms with Crippen molar-refractivity contribution < 1.29 is 26.4 Å². The summed E-state index contributed by atoms with van der Waals surface area (Å²) in [6.45, 7) is 0.396. The molecule has 12 heteroatoms. The molecule has 2 N–H and O–H groups in total. The van der Waals surface area contributed by atoms with Gasteiger partial charge in [-0.25, -0.2) is 16.8 Å². The number of carbonyl (C=O) groups excluding carboxylic acids is 1. The molecule has 0 radical (unpaired) electrons. The van der Waals surface area contributed by atoms with Gasteiger partial charge in [-0.05, 0) is 30.3 Å². The van der Waals surface area contributed by atoms with Gasteiger partial charge in [0.15, 0.2) is 5.03 Å². The van der Waals surface area contributed by atoms with E-state index in [0.29, 0.717) is 12.1 Å². The first kappa shape index (κ1) is 23.7. The summed E-state index contributed by atoms with van der Waals surface area (Å²) in [6.07, 6.45) is -0.0139. The monoisotopic (exact) mass is 511 g/mol. The van der Waals surface area contributed by atoms with Crippen LogP contribution in [0.25, 0.3) is 10.9 Å². The first-order valence-electron chi connectivity index (χ1n) is 10.1. The molecule has 0 aliphatic carbocycles. The van der Waals surface area contributed by atoms with Gasteiger partial charge in [-0.2, -0.15) is 4.31 Å². The zero-order chi connectivity index (χ0) is 23.8. The molecule has 0 amide bonds. The number of carbonyl (C=O) groups is 1. The number of hydrogen-bond donors (Lipinski definition) is 2. The Hall–Kier alpha value is -2.44. The van der Waals surface area contributed by atoms with Crippen LogP contribution in [0.1, 0.15) is 6.42 Å². The molecule has 0 spiro atoms. The molecular weight excluding hydrogens is 490 g/mol. The van der Waals surface area contributed by atoms with E-state index < -0.39 is 36.9 Å². The summed E-state index contributed by atoms with van der Waals surface area (Å²) < 4.78 is 60.4. The van der Waals surface area contributed by atoms with Crippen LogP contribution in [0.15, 0.2) is 63.3 Å². The van der Waals surface area contributed by atoms with Crippen LogP contribution in [0, 0.1) is 0 Å². The first-order valence-corrected chi connectivity index (χ1v) is 13.4. The summed E-state index contributed by atoms with van der Waals surface area (Å²) in [5.74, 6) is -0.473. The standard InChI is InChI=1S/C21H22ClN3O6S2/c1-31-19(26)12-15-13-25(10-9-23-15)33(29,30)21-20(17-11-14(22)7-8-18(17)24-21)32(27,28)16-5-3-2-4-6-16/h2-8,11,15,23-24H,9-10,12-13H2,1H3. The third-order valence-corrected chi connectivity index (χ3v) is 9.51. The summed E-state index contributed by atoms with van der Waals surface area (Å²) in [5.41, 5.74) is 0.328. The second-order valence-electron chi connectivity index (χ2n) is 7.58. The van der Waals surface area contributed by atoms with E-state index in [0.717, 1.165) is 0 Å². The molecule has 2 aromatic carbocycles. The molecule has 1 unspecified atom stereocenters. The lowest BCUT2D eigenvalue weighted by molar-refractivity contribution is -0.141. The van der Waals surface area contributed by atoms with Crippen LogP contribution in [0.5, 0.6) is 0 Å². The minimum atomic E-state index is -4.27. The molecule has 0 saturated carbocycles. The van der Waals surface area contributed by atoms with Crippen LogP contribution >= 0.6 is 11.6 Å². The highest BCUT2D eigenvalue weighted by molar-refractivity contribution is 7.93. The van der Waals surface area contributed by atoms with Gasteiger partial charge in [0.25, 0.3) is 10.0 Å². The van der Waals surface area contributed by atoms with Crippen molar-refractivity contribution >= 4 is 48.3 Å². The summed E-state index contributed by atoms with van der Waals surface area (Å²) in [6, 6.07) is 11.7. The molecule has 9 nitrogen and oxygen atoms in total. The van der Waals surface area contributed by atoms with Crippen LogP contribution in [-0.4, -0.2) is 64.9 Å². The largest absolute Gasteiger partial charge is 0.469 e. The molecule has 2 heterocycles. The molecule has 3 aromatic rings. The number of rotatable bonds is 6. The van der Waals surface area contributed by atoms with Gasteiger partial charge in [0.1, 0.15) is 4.90 Å². The van der Waals surface area contributed by atoms with E-state index in [1.165, 1.54) is 29.6 Å². The van der Waals surface area contributed by atoms with Gasteiger partial charge >= 0.3 is 5.97 Å². The van der Waals surface area contributed by atoms with Crippen LogP contribution in [0.2, 0.25) is 5.02 Å². The highest BCUT2D eigenvalue weighted by Crippen LogP contribution is 2.36. The number of fused-ring (bicyclic) bond motifs is 1. The Morgan fingerprint density at radius 1 is 1.15 bits per heavy atom. The SMILES string of the molecule is COC(=O)CC1CN(S(=O)(=O)c2[nH]c3ccc(Cl)cc3c2S(=O)(=O)c2ccccc2)CCN1. The molecule has 4 rings (SSSR count). The Morgan fingerprint density at radius 3 is 2.58 bits per heavy atom.